The van der Waals surface area contributed by atoms with Crippen molar-refractivity contribution in [3.05, 3.63) is 53.1 Å². The highest BCUT2D eigenvalue weighted by atomic mass is 16.5. The molecule has 5 nitrogen and oxygen atoms in total. The van der Waals surface area contributed by atoms with Gasteiger partial charge in [-0.05, 0) is 62.4 Å². The molecule has 0 atom stereocenters. The average Bonchev–Trinajstić information content (AvgIpc) is 2.63. The van der Waals surface area contributed by atoms with E-state index < -0.39 is 11.3 Å². The lowest BCUT2D eigenvalue weighted by Gasteiger charge is -2.25. The number of methoxy groups -OCH3 is 1. The fourth-order valence-electron chi connectivity index (χ4n) is 2.91. The van der Waals surface area contributed by atoms with Crippen molar-refractivity contribution in [2.75, 3.05) is 17.7 Å². The maximum Gasteiger partial charge on any atom is 0.239 e. The highest BCUT2D eigenvalue weighted by Gasteiger charge is 2.37. The normalized spacial score (nSPS) is 11.3. The number of para-hydroxylation sites is 1. The van der Waals surface area contributed by atoms with Crippen LogP contribution in [-0.4, -0.2) is 18.9 Å². The zero-order chi connectivity index (χ0) is 21.1. The Labute approximate surface area is 167 Å². The third-order valence-electron chi connectivity index (χ3n) is 4.90. The first-order chi connectivity index (χ1) is 13.1. The molecule has 150 valence electrons. The minimum absolute atomic E-state index is 0.253. The number of nitrogens with one attached hydrogen (secondary N) is 2. The first-order valence-electron chi connectivity index (χ1n) is 9.45. The third kappa shape index (κ3) is 4.53. The van der Waals surface area contributed by atoms with Crippen LogP contribution in [0.25, 0.3) is 0 Å². The molecule has 0 aliphatic heterocycles. The van der Waals surface area contributed by atoms with Crippen LogP contribution in [0.4, 0.5) is 11.4 Å². The summed E-state index contributed by atoms with van der Waals surface area (Å²) in [5.74, 6) is 0.0567. The predicted octanol–water partition coefficient (Wildman–Crippen LogP) is 5.04. The van der Waals surface area contributed by atoms with E-state index in [2.05, 4.69) is 24.5 Å². The Hall–Kier alpha value is -2.82. The second-order valence-electron chi connectivity index (χ2n) is 7.93. The number of benzene rings is 2. The van der Waals surface area contributed by atoms with Gasteiger partial charge in [-0.25, -0.2) is 0 Å². The molecule has 0 heterocycles. The number of rotatable bonds is 6. The van der Waals surface area contributed by atoms with Crippen LogP contribution in [0.1, 0.15) is 50.3 Å². The lowest BCUT2D eigenvalue weighted by atomic mass is 9.89. The molecule has 2 amide bonds. The molecular weight excluding hydrogens is 352 g/mol. The Morgan fingerprint density at radius 3 is 2.25 bits per heavy atom. The maximum absolute atomic E-state index is 13.0. The zero-order valence-corrected chi connectivity index (χ0v) is 17.8. The summed E-state index contributed by atoms with van der Waals surface area (Å²) in [4.78, 5) is 25.9. The average molecular weight is 383 g/mol. The first kappa shape index (κ1) is 21.5. The molecule has 0 bridgehead atoms. The van der Waals surface area contributed by atoms with Crippen LogP contribution in [0, 0.1) is 19.3 Å². The monoisotopic (exact) mass is 382 g/mol. The molecule has 2 N–H and O–H groups in total. The molecule has 0 aliphatic carbocycles. The van der Waals surface area contributed by atoms with E-state index in [9.17, 15) is 9.59 Å². The molecule has 28 heavy (non-hydrogen) atoms. The SMILES string of the molecule is COc1ccc(C)cc1NC(=O)C(C)(C)C(=O)Nc1c(C)cccc1C(C)C. The number of hydrogen-bond donors (Lipinski definition) is 2. The molecular formula is C23H30N2O3. The fraction of sp³-hybridized carbons (Fsp3) is 0.391. The van der Waals surface area contributed by atoms with E-state index in [0.717, 1.165) is 22.4 Å². The smallest absolute Gasteiger partial charge is 0.239 e. The van der Waals surface area contributed by atoms with Gasteiger partial charge < -0.3 is 15.4 Å². The minimum Gasteiger partial charge on any atom is -0.495 e. The van der Waals surface area contributed by atoms with Crippen molar-refractivity contribution in [2.45, 2.75) is 47.5 Å². The van der Waals surface area contributed by atoms with Gasteiger partial charge in [-0.2, -0.15) is 0 Å². The van der Waals surface area contributed by atoms with Gasteiger partial charge in [0, 0.05) is 5.69 Å². The van der Waals surface area contributed by atoms with E-state index in [0.29, 0.717) is 11.4 Å². The van der Waals surface area contributed by atoms with E-state index in [-0.39, 0.29) is 11.8 Å². The fourth-order valence-corrected chi connectivity index (χ4v) is 2.91. The van der Waals surface area contributed by atoms with Crippen molar-refractivity contribution < 1.29 is 14.3 Å². The number of carbonyl (C=O) groups excluding carboxylic acids is 2. The van der Waals surface area contributed by atoms with Gasteiger partial charge in [-0.15, -0.1) is 0 Å². The van der Waals surface area contributed by atoms with Crippen molar-refractivity contribution in [3.8, 4) is 5.75 Å². The van der Waals surface area contributed by atoms with Crippen LogP contribution >= 0.6 is 0 Å². The number of aryl methyl sites for hydroxylation is 2. The Morgan fingerprint density at radius 1 is 1.00 bits per heavy atom. The standard InChI is InChI=1S/C23H30N2O3/c1-14(2)17-10-8-9-16(4)20(17)25-22(27)23(5,6)21(26)24-18-13-15(3)11-12-19(18)28-7/h8-14H,1-7H3,(H,24,26)(H,25,27). The molecule has 0 saturated heterocycles. The van der Waals surface area contributed by atoms with Crippen molar-refractivity contribution in [3.63, 3.8) is 0 Å². The van der Waals surface area contributed by atoms with E-state index in [1.807, 2.05) is 44.2 Å². The highest BCUT2D eigenvalue weighted by Crippen LogP contribution is 2.31. The summed E-state index contributed by atoms with van der Waals surface area (Å²) in [5, 5.41) is 5.81. The molecule has 0 fully saturated rings. The van der Waals surface area contributed by atoms with Crippen molar-refractivity contribution in [1.29, 1.82) is 0 Å². The van der Waals surface area contributed by atoms with Crippen LogP contribution in [0.2, 0.25) is 0 Å². The number of hydrogen-bond acceptors (Lipinski definition) is 3. The molecule has 0 spiro atoms. The molecule has 0 unspecified atom stereocenters. The van der Waals surface area contributed by atoms with Gasteiger partial charge in [0.1, 0.15) is 11.2 Å². The molecule has 0 aromatic heterocycles. The number of amides is 2. The van der Waals surface area contributed by atoms with Crippen LogP contribution in [0.5, 0.6) is 5.75 Å². The van der Waals surface area contributed by atoms with E-state index >= 15 is 0 Å². The van der Waals surface area contributed by atoms with E-state index in [4.69, 9.17) is 4.74 Å². The number of carbonyl (C=O) groups is 2. The molecule has 0 radical (unpaired) electrons. The van der Waals surface area contributed by atoms with Gasteiger partial charge in [-0.1, -0.05) is 38.1 Å². The zero-order valence-electron chi connectivity index (χ0n) is 17.8. The summed E-state index contributed by atoms with van der Waals surface area (Å²) < 4.78 is 5.31. The Bertz CT molecular complexity index is 885. The topological polar surface area (TPSA) is 67.4 Å². The Kier molecular flexibility index (Phi) is 6.49. The summed E-state index contributed by atoms with van der Waals surface area (Å²) in [7, 11) is 1.55. The number of ether oxygens (including phenoxy) is 1. The van der Waals surface area contributed by atoms with Crippen molar-refractivity contribution >= 4 is 23.2 Å². The van der Waals surface area contributed by atoms with Gasteiger partial charge in [0.05, 0.1) is 12.8 Å². The largest absolute Gasteiger partial charge is 0.495 e. The van der Waals surface area contributed by atoms with Crippen molar-refractivity contribution in [1.82, 2.24) is 0 Å². The summed E-state index contributed by atoms with van der Waals surface area (Å²) in [6.45, 7) is 11.3. The van der Waals surface area contributed by atoms with Crippen LogP contribution in [-0.2, 0) is 9.59 Å². The summed E-state index contributed by atoms with van der Waals surface area (Å²) >= 11 is 0. The van der Waals surface area contributed by atoms with Crippen LogP contribution in [0.15, 0.2) is 36.4 Å². The lowest BCUT2D eigenvalue weighted by molar-refractivity contribution is -0.135. The molecule has 2 rings (SSSR count). The van der Waals surface area contributed by atoms with Gasteiger partial charge in [-0.3, -0.25) is 9.59 Å². The van der Waals surface area contributed by atoms with Gasteiger partial charge in [0.15, 0.2) is 0 Å². The number of anilines is 2. The van der Waals surface area contributed by atoms with Gasteiger partial charge >= 0.3 is 0 Å². The first-order valence-corrected chi connectivity index (χ1v) is 9.45. The van der Waals surface area contributed by atoms with Gasteiger partial charge in [0.25, 0.3) is 0 Å². The molecule has 5 heteroatoms. The maximum atomic E-state index is 13.0. The lowest BCUT2D eigenvalue weighted by Crippen LogP contribution is -2.42. The Balaban J connectivity index is 2.26. The molecule has 0 saturated carbocycles. The second kappa shape index (κ2) is 8.46. The quantitative estimate of drug-likeness (QED) is 0.688. The minimum atomic E-state index is -1.27. The van der Waals surface area contributed by atoms with E-state index in [1.54, 1.807) is 27.0 Å². The van der Waals surface area contributed by atoms with Crippen LogP contribution < -0.4 is 15.4 Å². The summed E-state index contributed by atoms with van der Waals surface area (Å²) in [6, 6.07) is 11.4. The highest BCUT2D eigenvalue weighted by molar-refractivity contribution is 6.14. The van der Waals surface area contributed by atoms with E-state index in [1.165, 1.54) is 0 Å². The molecule has 0 aliphatic rings. The summed E-state index contributed by atoms with van der Waals surface area (Å²) in [6.07, 6.45) is 0. The predicted molar refractivity (Wildman–Crippen MR) is 114 cm³/mol. The second-order valence-corrected chi connectivity index (χ2v) is 7.93. The molecule has 2 aromatic rings. The third-order valence-corrected chi connectivity index (χ3v) is 4.90. The molecule has 2 aromatic carbocycles. The Morgan fingerprint density at radius 2 is 1.64 bits per heavy atom. The van der Waals surface area contributed by atoms with Crippen LogP contribution in [0.3, 0.4) is 0 Å². The summed E-state index contributed by atoms with van der Waals surface area (Å²) in [5.41, 5.74) is 3.05. The van der Waals surface area contributed by atoms with Crippen molar-refractivity contribution in [2.24, 2.45) is 5.41 Å². The van der Waals surface area contributed by atoms with Gasteiger partial charge in [0.2, 0.25) is 11.8 Å².